The maximum absolute atomic E-state index is 13.9. The van der Waals surface area contributed by atoms with E-state index >= 15 is 0 Å². The Morgan fingerprint density at radius 2 is 1.71 bits per heavy atom. The Balaban J connectivity index is 1.39. The number of amides is 1. The summed E-state index contributed by atoms with van der Waals surface area (Å²) in [6.45, 7) is 5.74. The van der Waals surface area contributed by atoms with E-state index in [1.165, 1.54) is 17.3 Å². The molecular formula is C32H36N4O5S. The molecule has 1 saturated heterocycles. The molecule has 1 aromatic heterocycles. The number of carbonyl (C=O) groups excluding carboxylic acids is 1. The van der Waals surface area contributed by atoms with Crippen LogP contribution in [0.25, 0.3) is 10.9 Å². The summed E-state index contributed by atoms with van der Waals surface area (Å²) in [6.07, 6.45) is 0.573. The van der Waals surface area contributed by atoms with Gasteiger partial charge >= 0.3 is 0 Å². The van der Waals surface area contributed by atoms with E-state index < -0.39 is 0 Å². The van der Waals surface area contributed by atoms with Gasteiger partial charge in [0, 0.05) is 31.9 Å². The molecule has 3 aromatic carbocycles. The fraction of sp³-hybridized carbons (Fsp3) is 0.344. The molecule has 1 aliphatic heterocycles. The third-order valence-corrected chi connectivity index (χ3v) is 8.27. The Morgan fingerprint density at radius 3 is 2.45 bits per heavy atom. The van der Waals surface area contributed by atoms with Crippen molar-refractivity contribution in [3.8, 4) is 11.5 Å². The molecule has 42 heavy (non-hydrogen) atoms. The number of morpholine rings is 1. The second-order valence-electron chi connectivity index (χ2n) is 10.1. The van der Waals surface area contributed by atoms with Gasteiger partial charge in [-0.15, -0.1) is 0 Å². The number of aryl methyl sites for hydroxylation is 2. The molecular weight excluding hydrogens is 552 g/mol. The number of carbonyl (C=O) groups is 1. The van der Waals surface area contributed by atoms with Crippen LogP contribution in [0.5, 0.6) is 11.5 Å². The molecule has 1 N–H and O–H groups in total. The highest BCUT2D eigenvalue weighted by Gasteiger charge is 2.17. The van der Waals surface area contributed by atoms with Crippen LogP contribution in [0, 0.1) is 6.92 Å². The van der Waals surface area contributed by atoms with E-state index in [4.69, 9.17) is 19.2 Å². The molecule has 0 bridgehead atoms. The van der Waals surface area contributed by atoms with E-state index in [1.807, 2.05) is 67.6 Å². The van der Waals surface area contributed by atoms with Crippen LogP contribution in [0.15, 0.2) is 70.6 Å². The standard InChI is InChI=1S/C32H36N4O5S/c1-22-4-6-24(7-5-22)20-33-30(37)21-42-32-34-27-10-9-25(35-14-16-41-17-15-35)19-26(27)31(38)36(32)13-12-23-8-11-28(39-2)29(18-23)40-3/h4-11,18-19H,12-17,20-21H2,1-3H3,(H,33,37). The molecule has 9 nitrogen and oxygen atoms in total. The molecule has 0 unspecified atom stereocenters. The van der Waals surface area contributed by atoms with Gasteiger partial charge in [0.2, 0.25) is 5.91 Å². The summed E-state index contributed by atoms with van der Waals surface area (Å²) in [5, 5.41) is 4.04. The van der Waals surface area contributed by atoms with E-state index in [-0.39, 0.29) is 17.2 Å². The molecule has 1 aliphatic rings. The third-order valence-electron chi connectivity index (χ3n) is 7.29. The molecule has 4 aromatic rings. The highest BCUT2D eigenvalue weighted by molar-refractivity contribution is 7.99. The molecule has 0 radical (unpaired) electrons. The van der Waals surface area contributed by atoms with Crippen LogP contribution >= 0.6 is 11.8 Å². The van der Waals surface area contributed by atoms with Gasteiger partial charge in [0.05, 0.1) is 44.1 Å². The number of rotatable bonds is 11. The summed E-state index contributed by atoms with van der Waals surface area (Å²) < 4.78 is 18.0. The molecule has 220 valence electrons. The molecule has 0 spiro atoms. The number of thioether (sulfide) groups is 1. The number of hydrogen-bond donors (Lipinski definition) is 1. The van der Waals surface area contributed by atoms with Crippen molar-refractivity contribution in [2.75, 3.05) is 51.2 Å². The predicted octanol–water partition coefficient (Wildman–Crippen LogP) is 4.21. The highest BCUT2D eigenvalue weighted by atomic mass is 32.2. The number of methoxy groups -OCH3 is 2. The second kappa shape index (κ2) is 13.8. The van der Waals surface area contributed by atoms with Crippen molar-refractivity contribution in [1.82, 2.24) is 14.9 Å². The van der Waals surface area contributed by atoms with Crippen molar-refractivity contribution < 1.29 is 19.0 Å². The summed E-state index contributed by atoms with van der Waals surface area (Å²) in [7, 11) is 3.20. The fourth-order valence-electron chi connectivity index (χ4n) is 4.88. The average Bonchev–Trinajstić information content (AvgIpc) is 3.03. The van der Waals surface area contributed by atoms with Gasteiger partial charge in [-0.3, -0.25) is 14.2 Å². The number of anilines is 1. The summed E-state index contributed by atoms with van der Waals surface area (Å²) in [6, 6.07) is 19.6. The van der Waals surface area contributed by atoms with Gasteiger partial charge in [0.1, 0.15) is 0 Å². The Labute approximate surface area is 249 Å². The van der Waals surface area contributed by atoms with Crippen molar-refractivity contribution >= 4 is 34.3 Å². The average molecular weight is 589 g/mol. The van der Waals surface area contributed by atoms with Gasteiger partial charge in [-0.2, -0.15) is 0 Å². The molecule has 0 aliphatic carbocycles. The minimum Gasteiger partial charge on any atom is -0.493 e. The summed E-state index contributed by atoms with van der Waals surface area (Å²) >= 11 is 1.27. The van der Waals surface area contributed by atoms with Crippen molar-refractivity contribution in [3.63, 3.8) is 0 Å². The number of benzene rings is 3. The zero-order valence-electron chi connectivity index (χ0n) is 24.2. The second-order valence-corrected chi connectivity index (χ2v) is 11.1. The SMILES string of the molecule is COc1ccc(CCn2c(SCC(=O)NCc3ccc(C)cc3)nc3ccc(N4CCOCC4)cc3c2=O)cc1OC. The lowest BCUT2D eigenvalue weighted by Gasteiger charge is -2.29. The fourth-order valence-corrected chi connectivity index (χ4v) is 5.73. The number of hydrogen-bond acceptors (Lipinski definition) is 8. The van der Waals surface area contributed by atoms with E-state index in [1.54, 1.807) is 18.8 Å². The van der Waals surface area contributed by atoms with Crippen LogP contribution in [0.4, 0.5) is 5.69 Å². The Bertz CT molecular complexity index is 1600. The van der Waals surface area contributed by atoms with Crippen LogP contribution in [0.1, 0.15) is 16.7 Å². The van der Waals surface area contributed by atoms with Crippen molar-refractivity contribution in [2.24, 2.45) is 0 Å². The largest absolute Gasteiger partial charge is 0.493 e. The normalized spacial score (nSPS) is 13.3. The molecule has 10 heteroatoms. The molecule has 5 rings (SSSR count). The minimum atomic E-state index is -0.127. The first-order valence-corrected chi connectivity index (χ1v) is 15.0. The number of aromatic nitrogens is 2. The van der Waals surface area contributed by atoms with Gasteiger partial charge in [-0.25, -0.2) is 4.98 Å². The van der Waals surface area contributed by atoms with Gasteiger partial charge in [-0.1, -0.05) is 47.7 Å². The van der Waals surface area contributed by atoms with Crippen LogP contribution in [-0.4, -0.2) is 61.7 Å². The zero-order valence-corrected chi connectivity index (χ0v) is 25.0. The van der Waals surface area contributed by atoms with E-state index in [2.05, 4.69) is 10.2 Å². The van der Waals surface area contributed by atoms with Crippen LogP contribution in [0.2, 0.25) is 0 Å². The van der Waals surface area contributed by atoms with Gasteiger partial charge in [-0.05, 0) is 54.8 Å². The molecule has 1 amide bonds. The van der Waals surface area contributed by atoms with Crippen LogP contribution < -0.4 is 25.2 Å². The first-order valence-electron chi connectivity index (χ1n) is 14.0. The maximum Gasteiger partial charge on any atom is 0.262 e. The van der Waals surface area contributed by atoms with Crippen LogP contribution in [-0.2, 0) is 29.0 Å². The van der Waals surface area contributed by atoms with Gasteiger partial charge in [0.15, 0.2) is 16.7 Å². The monoisotopic (exact) mass is 588 g/mol. The van der Waals surface area contributed by atoms with E-state index in [0.29, 0.717) is 60.3 Å². The Hall–Kier alpha value is -4.02. The van der Waals surface area contributed by atoms with Crippen LogP contribution in [0.3, 0.4) is 0 Å². The van der Waals surface area contributed by atoms with Crippen molar-refractivity contribution in [3.05, 3.63) is 87.7 Å². The van der Waals surface area contributed by atoms with Gasteiger partial charge < -0.3 is 24.4 Å². The maximum atomic E-state index is 13.9. The summed E-state index contributed by atoms with van der Waals surface area (Å²) in [4.78, 5) is 33.8. The zero-order chi connectivity index (χ0) is 29.5. The van der Waals surface area contributed by atoms with E-state index in [0.717, 1.165) is 29.9 Å². The lowest BCUT2D eigenvalue weighted by molar-refractivity contribution is -0.118. The summed E-state index contributed by atoms with van der Waals surface area (Å²) in [5.74, 6) is 1.30. The van der Waals surface area contributed by atoms with Crippen molar-refractivity contribution in [1.29, 1.82) is 0 Å². The minimum absolute atomic E-state index is 0.121. The topological polar surface area (TPSA) is 94.9 Å². The number of fused-ring (bicyclic) bond motifs is 1. The Kier molecular flexibility index (Phi) is 9.66. The van der Waals surface area contributed by atoms with Crippen molar-refractivity contribution in [2.45, 2.75) is 31.6 Å². The number of nitrogens with one attached hydrogen (secondary N) is 1. The number of nitrogens with zero attached hydrogens (tertiary/aromatic N) is 3. The lowest BCUT2D eigenvalue weighted by Crippen LogP contribution is -2.36. The van der Waals surface area contributed by atoms with Gasteiger partial charge in [0.25, 0.3) is 5.56 Å². The molecule has 1 fully saturated rings. The lowest BCUT2D eigenvalue weighted by atomic mass is 10.1. The highest BCUT2D eigenvalue weighted by Crippen LogP contribution is 2.28. The first-order chi connectivity index (χ1) is 20.4. The smallest absolute Gasteiger partial charge is 0.262 e. The number of ether oxygens (including phenoxy) is 3. The first kappa shape index (κ1) is 29.5. The molecule has 0 atom stereocenters. The summed E-state index contributed by atoms with van der Waals surface area (Å²) in [5.41, 5.74) is 4.66. The van der Waals surface area contributed by atoms with E-state index in [9.17, 15) is 9.59 Å². The predicted molar refractivity (Wildman–Crippen MR) is 166 cm³/mol. The molecule has 2 heterocycles. The quantitative estimate of drug-likeness (QED) is 0.206. The third kappa shape index (κ3) is 7.06. The molecule has 0 saturated carbocycles. The Morgan fingerprint density at radius 1 is 0.976 bits per heavy atom.